The van der Waals surface area contributed by atoms with E-state index in [1.165, 1.54) is 0 Å². The first-order valence-corrected chi connectivity index (χ1v) is 7.41. The number of nitrogens with zero attached hydrogens (tertiary/aromatic N) is 1. The van der Waals surface area contributed by atoms with Gasteiger partial charge < -0.3 is 20.3 Å². The second-order valence-corrected chi connectivity index (χ2v) is 5.19. The monoisotopic (exact) mass is 293 g/mol. The number of hydrogen-bond acceptors (Lipinski definition) is 4. The molecule has 1 aromatic carbocycles. The topological polar surface area (TPSA) is 53.6 Å². The van der Waals surface area contributed by atoms with Crippen LogP contribution in [0, 0.1) is 0 Å². The van der Waals surface area contributed by atoms with Gasteiger partial charge in [-0.1, -0.05) is 6.92 Å². The Bertz CT molecular complexity index is 420. The Hall–Kier alpha value is -1.59. The maximum atomic E-state index is 11.8. The van der Waals surface area contributed by atoms with Crippen LogP contribution < -0.4 is 15.4 Å². The maximum absolute atomic E-state index is 11.8. The zero-order chi connectivity index (χ0) is 15.7. The van der Waals surface area contributed by atoms with Crippen LogP contribution in [0.4, 0.5) is 5.69 Å². The molecule has 0 aromatic heterocycles. The molecule has 2 N–H and O–H groups in total. The molecule has 0 aliphatic heterocycles. The summed E-state index contributed by atoms with van der Waals surface area (Å²) in [5, 5.41) is 6.00. The number of ether oxygens (including phenoxy) is 1. The van der Waals surface area contributed by atoms with Gasteiger partial charge in [0.15, 0.2) is 0 Å². The lowest BCUT2D eigenvalue weighted by Gasteiger charge is -2.23. The van der Waals surface area contributed by atoms with Gasteiger partial charge in [0.2, 0.25) is 5.91 Å². The lowest BCUT2D eigenvalue weighted by molar-refractivity contribution is -0.115. The van der Waals surface area contributed by atoms with Crippen LogP contribution in [0.25, 0.3) is 0 Å². The standard InChI is InChI=1S/C16H27N3O2/c1-5-13(2)19(3)11-10-17-12-16(20)18-14-6-8-15(21-4)9-7-14/h6-9,13,17H,5,10-12H2,1-4H3,(H,18,20). The van der Waals surface area contributed by atoms with E-state index in [2.05, 4.69) is 36.4 Å². The molecule has 0 saturated carbocycles. The minimum atomic E-state index is -0.0358. The van der Waals surface area contributed by atoms with E-state index in [1.807, 2.05) is 24.3 Å². The van der Waals surface area contributed by atoms with Crippen LogP contribution in [0.2, 0.25) is 0 Å². The Labute approximate surface area is 127 Å². The van der Waals surface area contributed by atoms with Crippen molar-refractivity contribution in [1.82, 2.24) is 10.2 Å². The molecule has 1 aromatic rings. The molecule has 21 heavy (non-hydrogen) atoms. The molecular formula is C16H27N3O2. The van der Waals surface area contributed by atoms with Crippen molar-refractivity contribution in [2.24, 2.45) is 0 Å². The van der Waals surface area contributed by atoms with Gasteiger partial charge >= 0.3 is 0 Å². The van der Waals surface area contributed by atoms with E-state index in [-0.39, 0.29) is 5.91 Å². The van der Waals surface area contributed by atoms with Gasteiger partial charge in [-0.2, -0.15) is 0 Å². The molecule has 0 bridgehead atoms. The van der Waals surface area contributed by atoms with Gasteiger partial charge in [0.05, 0.1) is 13.7 Å². The van der Waals surface area contributed by atoms with Gasteiger partial charge in [-0.05, 0) is 44.7 Å². The van der Waals surface area contributed by atoms with Crippen molar-refractivity contribution in [3.8, 4) is 5.75 Å². The van der Waals surface area contributed by atoms with Crippen LogP contribution in [0.1, 0.15) is 20.3 Å². The largest absolute Gasteiger partial charge is 0.497 e. The van der Waals surface area contributed by atoms with E-state index in [9.17, 15) is 4.79 Å². The average Bonchev–Trinajstić information content (AvgIpc) is 2.51. The van der Waals surface area contributed by atoms with Gasteiger partial charge in [0.25, 0.3) is 0 Å². The average molecular weight is 293 g/mol. The first-order chi connectivity index (χ1) is 10.1. The fourth-order valence-electron chi connectivity index (χ4n) is 1.87. The number of amides is 1. The molecule has 5 heteroatoms. The predicted molar refractivity (Wildman–Crippen MR) is 86.9 cm³/mol. The zero-order valence-corrected chi connectivity index (χ0v) is 13.5. The molecule has 0 fully saturated rings. The minimum absolute atomic E-state index is 0.0358. The summed E-state index contributed by atoms with van der Waals surface area (Å²) in [5.41, 5.74) is 0.777. The summed E-state index contributed by atoms with van der Waals surface area (Å²) in [7, 11) is 3.72. The second kappa shape index (κ2) is 9.37. The second-order valence-electron chi connectivity index (χ2n) is 5.19. The van der Waals surface area contributed by atoms with Crippen molar-refractivity contribution in [3.63, 3.8) is 0 Å². The highest BCUT2D eigenvalue weighted by Crippen LogP contribution is 2.14. The normalized spacial score (nSPS) is 12.2. The van der Waals surface area contributed by atoms with Crippen molar-refractivity contribution in [1.29, 1.82) is 0 Å². The van der Waals surface area contributed by atoms with Crippen LogP contribution in [0.15, 0.2) is 24.3 Å². The van der Waals surface area contributed by atoms with Crippen molar-refractivity contribution >= 4 is 11.6 Å². The van der Waals surface area contributed by atoms with Crippen molar-refractivity contribution in [2.75, 3.05) is 39.1 Å². The molecular weight excluding hydrogens is 266 g/mol. The number of nitrogens with one attached hydrogen (secondary N) is 2. The summed E-state index contributed by atoms with van der Waals surface area (Å²) in [5.74, 6) is 0.741. The fraction of sp³-hybridized carbons (Fsp3) is 0.562. The van der Waals surface area contributed by atoms with Crippen molar-refractivity contribution in [3.05, 3.63) is 24.3 Å². The molecule has 0 heterocycles. The molecule has 0 saturated heterocycles. The molecule has 0 aliphatic carbocycles. The highest BCUT2D eigenvalue weighted by Gasteiger charge is 2.06. The highest BCUT2D eigenvalue weighted by molar-refractivity contribution is 5.92. The first kappa shape index (κ1) is 17.5. The number of hydrogen-bond donors (Lipinski definition) is 2. The number of rotatable bonds is 9. The Morgan fingerprint density at radius 1 is 1.33 bits per heavy atom. The molecule has 1 atom stereocenters. The van der Waals surface area contributed by atoms with Gasteiger partial charge in [0, 0.05) is 24.8 Å². The highest BCUT2D eigenvalue weighted by atomic mass is 16.5. The third-order valence-corrected chi connectivity index (χ3v) is 3.64. The molecule has 0 aliphatic rings. The van der Waals surface area contributed by atoms with Gasteiger partial charge in [0.1, 0.15) is 5.75 Å². The smallest absolute Gasteiger partial charge is 0.238 e. The van der Waals surface area contributed by atoms with E-state index < -0.39 is 0 Å². The Morgan fingerprint density at radius 3 is 2.57 bits per heavy atom. The lowest BCUT2D eigenvalue weighted by atomic mass is 10.2. The first-order valence-electron chi connectivity index (χ1n) is 7.41. The van der Waals surface area contributed by atoms with Crippen LogP contribution >= 0.6 is 0 Å². The Morgan fingerprint density at radius 2 is 2.00 bits per heavy atom. The maximum Gasteiger partial charge on any atom is 0.238 e. The Balaban J connectivity index is 2.21. The summed E-state index contributed by atoms with van der Waals surface area (Å²) in [6.07, 6.45) is 1.13. The van der Waals surface area contributed by atoms with E-state index in [0.29, 0.717) is 12.6 Å². The van der Waals surface area contributed by atoms with Gasteiger partial charge in [-0.15, -0.1) is 0 Å². The van der Waals surface area contributed by atoms with E-state index in [0.717, 1.165) is 30.9 Å². The quantitative estimate of drug-likeness (QED) is 0.683. The number of carbonyl (C=O) groups excluding carboxylic acids is 1. The van der Waals surface area contributed by atoms with E-state index in [4.69, 9.17) is 4.74 Å². The lowest BCUT2D eigenvalue weighted by Crippen LogP contribution is -2.37. The number of anilines is 1. The third-order valence-electron chi connectivity index (χ3n) is 3.64. The number of methoxy groups -OCH3 is 1. The molecule has 1 unspecified atom stereocenters. The summed E-state index contributed by atoms with van der Waals surface area (Å²) in [6.45, 7) is 6.44. The SMILES string of the molecule is CCC(C)N(C)CCNCC(=O)Nc1ccc(OC)cc1. The van der Waals surface area contributed by atoms with Gasteiger partial charge in [-0.25, -0.2) is 0 Å². The summed E-state index contributed by atoms with van der Waals surface area (Å²) in [4.78, 5) is 14.1. The summed E-state index contributed by atoms with van der Waals surface area (Å²) in [6, 6.07) is 7.87. The fourth-order valence-corrected chi connectivity index (χ4v) is 1.87. The zero-order valence-electron chi connectivity index (χ0n) is 13.5. The molecule has 5 nitrogen and oxygen atoms in total. The van der Waals surface area contributed by atoms with Crippen LogP contribution in [0.5, 0.6) is 5.75 Å². The van der Waals surface area contributed by atoms with Crippen molar-refractivity contribution < 1.29 is 9.53 Å². The molecule has 118 valence electrons. The van der Waals surface area contributed by atoms with Crippen LogP contribution in [0.3, 0.4) is 0 Å². The number of benzene rings is 1. The molecule has 1 amide bonds. The van der Waals surface area contributed by atoms with Gasteiger partial charge in [-0.3, -0.25) is 4.79 Å². The molecule has 0 spiro atoms. The predicted octanol–water partition coefficient (Wildman–Crippen LogP) is 1.95. The molecule has 0 radical (unpaired) electrons. The van der Waals surface area contributed by atoms with Crippen molar-refractivity contribution in [2.45, 2.75) is 26.3 Å². The van der Waals surface area contributed by atoms with E-state index in [1.54, 1.807) is 7.11 Å². The summed E-state index contributed by atoms with van der Waals surface area (Å²) >= 11 is 0. The Kier molecular flexibility index (Phi) is 7.79. The number of likely N-dealkylation sites (N-methyl/N-ethyl adjacent to an activating group) is 1. The number of carbonyl (C=O) groups is 1. The van der Waals surface area contributed by atoms with Crippen LogP contribution in [-0.4, -0.2) is 50.6 Å². The minimum Gasteiger partial charge on any atom is -0.497 e. The third kappa shape index (κ3) is 6.60. The van der Waals surface area contributed by atoms with E-state index >= 15 is 0 Å². The summed E-state index contributed by atoms with van der Waals surface area (Å²) < 4.78 is 5.07. The van der Waals surface area contributed by atoms with Crippen LogP contribution in [-0.2, 0) is 4.79 Å². The molecule has 1 rings (SSSR count).